The number of nitrogens with zero attached hydrogens (tertiary/aromatic N) is 1. The van der Waals surface area contributed by atoms with Crippen LogP contribution in [0.4, 0.5) is 0 Å². The van der Waals surface area contributed by atoms with Gasteiger partial charge in [0.05, 0.1) is 5.04 Å². The Morgan fingerprint density at radius 2 is 2.62 bits per heavy atom. The molecule has 1 aliphatic rings. The Kier molecular flexibility index (Phi) is 1.95. The fourth-order valence-corrected chi connectivity index (χ4v) is 1.89. The van der Waals surface area contributed by atoms with Crippen LogP contribution in [0.5, 0.6) is 0 Å². The monoisotopic (exact) mass is 128 g/mol. The molecule has 0 saturated carbocycles. The summed E-state index contributed by atoms with van der Waals surface area (Å²) in [6.45, 7) is 3.94. The second-order valence-electron chi connectivity index (χ2n) is 1.90. The standard InChI is InChI=1S/C6H10NS/c1-5-3-4-8-6(5)7-2/h5H,1,3-4H2,2H3. The van der Waals surface area contributed by atoms with Crippen molar-refractivity contribution in [2.75, 3.05) is 12.8 Å². The predicted octanol–water partition coefficient (Wildman–Crippen LogP) is 1.60. The fraction of sp³-hybridized carbons (Fsp3) is 0.667. The normalized spacial score (nSPS) is 34.2. The van der Waals surface area contributed by atoms with Crippen molar-refractivity contribution < 1.29 is 0 Å². The number of aliphatic imine (C=N–C) groups is 1. The van der Waals surface area contributed by atoms with E-state index in [1.54, 1.807) is 0 Å². The average molecular weight is 128 g/mol. The summed E-state index contributed by atoms with van der Waals surface area (Å²) in [5, 5.41) is 1.23. The Labute approximate surface area is 54.6 Å². The fourth-order valence-electron chi connectivity index (χ4n) is 0.794. The molecule has 1 nitrogen and oxygen atoms in total. The lowest BCUT2D eigenvalue weighted by atomic mass is 10.1. The molecule has 1 fully saturated rings. The maximum atomic E-state index is 4.09. The van der Waals surface area contributed by atoms with Crippen LogP contribution >= 0.6 is 11.8 Å². The molecule has 0 aliphatic carbocycles. The summed E-state index contributed by atoms with van der Waals surface area (Å²) in [4.78, 5) is 4.09. The molecule has 0 bridgehead atoms. The zero-order valence-corrected chi connectivity index (χ0v) is 5.87. The third-order valence-electron chi connectivity index (χ3n) is 1.29. The minimum Gasteiger partial charge on any atom is -0.286 e. The molecule has 45 valence electrons. The van der Waals surface area contributed by atoms with Gasteiger partial charge in [-0.1, -0.05) is 0 Å². The molecule has 0 amide bonds. The molecule has 1 unspecified atom stereocenters. The largest absolute Gasteiger partial charge is 0.286 e. The van der Waals surface area contributed by atoms with E-state index in [9.17, 15) is 0 Å². The highest BCUT2D eigenvalue weighted by molar-refractivity contribution is 8.14. The Balaban J connectivity index is 2.55. The topological polar surface area (TPSA) is 12.4 Å². The second-order valence-corrected chi connectivity index (χ2v) is 3.01. The average Bonchev–Trinajstić information content (AvgIpc) is 2.14. The molecule has 0 aromatic heterocycles. The quantitative estimate of drug-likeness (QED) is 0.482. The molecule has 0 aromatic carbocycles. The van der Waals surface area contributed by atoms with Crippen LogP contribution in [0.1, 0.15) is 6.42 Å². The van der Waals surface area contributed by atoms with Gasteiger partial charge in [-0.05, 0) is 19.1 Å². The zero-order valence-electron chi connectivity index (χ0n) is 5.05. The van der Waals surface area contributed by atoms with Gasteiger partial charge in [0, 0.05) is 13.0 Å². The van der Waals surface area contributed by atoms with Crippen molar-refractivity contribution in [1.82, 2.24) is 0 Å². The first-order chi connectivity index (χ1) is 3.84. The number of hydrogen-bond acceptors (Lipinski definition) is 2. The van der Waals surface area contributed by atoms with Crippen LogP contribution in [0.25, 0.3) is 0 Å². The van der Waals surface area contributed by atoms with Gasteiger partial charge in [-0.25, -0.2) is 0 Å². The lowest BCUT2D eigenvalue weighted by molar-refractivity contribution is 0.851. The van der Waals surface area contributed by atoms with Gasteiger partial charge < -0.3 is 0 Å². The first kappa shape index (κ1) is 6.14. The van der Waals surface area contributed by atoms with Crippen LogP contribution in [0.2, 0.25) is 0 Å². The van der Waals surface area contributed by atoms with Gasteiger partial charge in [-0.15, -0.1) is 11.8 Å². The van der Waals surface area contributed by atoms with E-state index in [4.69, 9.17) is 0 Å². The van der Waals surface area contributed by atoms with E-state index in [2.05, 4.69) is 11.9 Å². The molecule has 1 saturated heterocycles. The van der Waals surface area contributed by atoms with Crippen LogP contribution in [0.3, 0.4) is 0 Å². The van der Waals surface area contributed by atoms with Crippen LogP contribution in [-0.4, -0.2) is 17.8 Å². The third-order valence-corrected chi connectivity index (χ3v) is 2.54. The summed E-state index contributed by atoms with van der Waals surface area (Å²) >= 11 is 1.84. The molecule has 0 spiro atoms. The Bertz CT molecular complexity index is 109. The van der Waals surface area contributed by atoms with Crippen LogP contribution in [0, 0.1) is 12.8 Å². The second kappa shape index (κ2) is 2.53. The van der Waals surface area contributed by atoms with Gasteiger partial charge >= 0.3 is 0 Å². The molecule has 0 N–H and O–H groups in total. The number of rotatable bonds is 0. The van der Waals surface area contributed by atoms with E-state index >= 15 is 0 Å². The van der Waals surface area contributed by atoms with Gasteiger partial charge in [0.1, 0.15) is 0 Å². The molecular formula is C6H10NS. The van der Waals surface area contributed by atoms with Gasteiger partial charge in [0.25, 0.3) is 0 Å². The van der Waals surface area contributed by atoms with Gasteiger partial charge in [0.2, 0.25) is 0 Å². The maximum Gasteiger partial charge on any atom is 0.0703 e. The van der Waals surface area contributed by atoms with Gasteiger partial charge in [-0.2, -0.15) is 0 Å². The number of hydrogen-bond donors (Lipinski definition) is 0. The Morgan fingerprint density at radius 3 is 2.88 bits per heavy atom. The molecule has 2 heteroatoms. The van der Waals surface area contributed by atoms with Gasteiger partial charge in [0.15, 0.2) is 0 Å². The van der Waals surface area contributed by atoms with Crippen molar-refractivity contribution >= 4 is 16.8 Å². The van der Waals surface area contributed by atoms with Crippen LogP contribution in [0.15, 0.2) is 4.99 Å². The van der Waals surface area contributed by atoms with Crippen LogP contribution in [-0.2, 0) is 0 Å². The molecule has 1 rings (SSSR count). The highest BCUT2D eigenvalue weighted by Crippen LogP contribution is 2.25. The van der Waals surface area contributed by atoms with Gasteiger partial charge in [-0.3, -0.25) is 4.99 Å². The summed E-state index contributed by atoms with van der Waals surface area (Å²) in [5.41, 5.74) is 0. The number of thioether (sulfide) groups is 1. The van der Waals surface area contributed by atoms with Crippen molar-refractivity contribution in [2.24, 2.45) is 10.9 Å². The summed E-state index contributed by atoms with van der Waals surface area (Å²) in [6, 6.07) is 0. The summed E-state index contributed by atoms with van der Waals surface area (Å²) in [5.74, 6) is 1.70. The van der Waals surface area contributed by atoms with E-state index in [1.165, 1.54) is 17.2 Å². The smallest absolute Gasteiger partial charge is 0.0703 e. The van der Waals surface area contributed by atoms with E-state index in [0.29, 0.717) is 5.92 Å². The Morgan fingerprint density at radius 1 is 1.88 bits per heavy atom. The van der Waals surface area contributed by atoms with E-state index < -0.39 is 0 Å². The van der Waals surface area contributed by atoms with Crippen molar-refractivity contribution in [3.05, 3.63) is 6.92 Å². The molecular weight excluding hydrogens is 118 g/mol. The van der Waals surface area contributed by atoms with E-state index in [0.717, 1.165) is 0 Å². The van der Waals surface area contributed by atoms with Crippen molar-refractivity contribution in [1.29, 1.82) is 0 Å². The first-order valence-corrected chi connectivity index (χ1v) is 3.75. The minimum atomic E-state index is 0.491. The van der Waals surface area contributed by atoms with Crippen molar-refractivity contribution in [3.8, 4) is 0 Å². The summed E-state index contributed by atoms with van der Waals surface area (Å²) in [7, 11) is 1.84. The zero-order chi connectivity index (χ0) is 5.98. The van der Waals surface area contributed by atoms with E-state index in [-0.39, 0.29) is 0 Å². The lowest BCUT2D eigenvalue weighted by Crippen LogP contribution is -1.97. The SMILES string of the molecule is [CH2]C1CCSC1=NC. The third kappa shape index (κ3) is 1.05. The van der Waals surface area contributed by atoms with Crippen molar-refractivity contribution in [2.45, 2.75) is 6.42 Å². The van der Waals surface area contributed by atoms with Crippen molar-refractivity contribution in [3.63, 3.8) is 0 Å². The predicted molar refractivity (Wildman–Crippen MR) is 39.3 cm³/mol. The first-order valence-electron chi connectivity index (χ1n) is 2.77. The molecule has 8 heavy (non-hydrogen) atoms. The molecule has 0 aromatic rings. The van der Waals surface area contributed by atoms with Crippen LogP contribution < -0.4 is 0 Å². The molecule has 1 heterocycles. The van der Waals surface area contributed by atoms with E-state index in [1.807, 2.05) is 18.8 Å². The summed E-state index contributed by atoms with van der Waals surface area (Å²) in [6.07, 6.45) is 1.21. The summed E-state index contributed by atoms with van der Waals surface area (Å²) < 4.78 is 0. The highest BCUT2D eigenvalue weighted by atomic mass is 32.2. The molecule has 1 atom stereocenters. The highest BCUT2D eigenvalue weighted by Gasteiger charge is 2.16. The minimum absolute atomic E-state index is 0.491. The maximum absolute atomic E-state index is 4.09. The Hall–Kier alpha value is 0.0200. The molecule has 1 aliphatic heterocycles. The lowest BCUT2D eigenvalue weighted by Gasteiger charge is -1.96. The molecule has 1 radical (unpaired) electrons.